The molecule has 2 aromatic carbocycles. The molecule has 4 aromatic rings. The maximum Gasteiger partial charge on any atom is 0.235 e. The third-order valence-electron chi connectivity index (χ3n) is 4.81. The first-order valence-corrected chi connectivity index (χ1v) is 14.2. The first-order valence-electron chi connectivity index (χ1n) is 10.2. The Labute approximate surface area is 207 Å². The molecular formula is C24H20Cl2N4O2Pd. The molecule has 0 atom stereocenters. The van der Waals surface area contributed by atoms with Gasteiger partial charge in [0.1, 0.15) is 24.6 Å². The molecule has 0 saturated carbocycles. The summed E-state index contributed by atoms with van der Waals surface area (Å²) in [5.41, 5.74) is 3.61. The molecule has 0 N–H and O–H groups in total. The van der Waals surface area contributed by atoms with Crippen LogP contribution in [-0.2, 0) is 25.4 Å². The second-order valence-electron chi connectivity index (χ2n) is 6.89. The Bertz CT molecular complexity index is 1200. The maximum absolute atomic E-state index is 5.38. The predicted molar refractivity (Wildman–Crippen MR) is 130 cm³/mol. The zero-order valence-electron chi connectivity index (χ0n) is 17.4. The van der Waals surface area contributed by atoms with E-state index in [-0.39, 0.29) is 15.9 Å². The molecule has 0 fully saturated rings. The van der Waals surface area contributed by atoms with E-state index in [2.05, 4.69) is 20.0 Å². The molecule has 9 heteroatoms. The van der Waals surface area contributed by atoms with Gasteiger partial charge in [-0.2, -0.15) is 0 Å². The van der Waals surface area contributed by atoms with Gasteiger partial charge in [-0.25, -0.2) is 20.0 Å². The minimum Gasteiger partial charge on any atom is -0.474 e. The molecule has 6 nitrogen and oxygen atoms in total. The Morgan fingerprint density at radius 3 is 1.42 bits per heavy atom. The number of benzene rings is 2. The molecule has 6 rings (SSSR count). The van der Waals surface area contributed by atoms with Gasteiger partial charge in [-0.3, -0.25) is 0 Å². The third-order valence-corrected chi connectivity index (χ3v) is 4.81. The summed E-state index contributed by atoms with van der Waals surface area (Å²) in [6, 6.07) is 24.0. The van der Waals surface area contributed by atoms with Gasteiger partial charge in [-0.1, -0.05) is 48.5 Å². The topological polar surface area (TPSA) is 69.0 Å². The van der Waals surface area contributed by atoms with E-state index in [0.717, 1.165) is 46.3 Å². The molecule has 172 valence electrons. The molecule has 0 amide bonds. The van der Waals surface area contributed by atoms with E-state index in [1.54, 1.807) is 0 Å². The van der Waals surface area contributed by atoms with Crippen LogP contribution in [-0.4, -0.2) is 48.1 Å². The van der Waals surface area contributed by atoms with Crippen molar-refractivity contribution in [3.63, 3.8) is 0 Å². The number of hydrogen-bond donors (Lipinski definition) is 0. The summed E-state index contributed by atoms with van der Waals surface area (Å²) in [5.74, 6) is 1.33. The molecule has 4 heterocycles. The number of para-hydroxylation sites is 2. The van der Waals surface area contributed by atoms with Crippen LogP contribution < -0.4 is 0 Å². The number of fused-ring (bicyclic) bond motifs is 2. The zero-order valence-corrected chi connectivity index (χ0v) is 20.5. The third kappa shape index (κ3) is 6.28. The molecule has 0 bridgehead atoms. The summed E-state index contributed by atoms with van der Waals surface area (Å²) >= 11 is -0.106. The predicted octanol–water partition coefficient (Wildman–Crippen LogP) is 5.40. The van der Waals surface area contributed by atoms with Crippen LogP contribution in [0.25, 0.3) is 21.8 Å². The van der Waals surface area contributed by atoms with E-state index in [1.807, 2.05) is 72.8 Å². The second-order valence-corrected chi connectivity index (χ2v) is 9.25. The Morgan fingerprint density at radius 1 is 0.606 bits per heavy atom. The SMILES string of the molecule is [Cl][Pd][Cl].c1ccc2nc(C3=NCCO3)ccc2c1.c1ccc2nc(C3=NCCO3)ccc2c1. The van der Waals surface area contributed by atoms with Gasteiger partial charge in [0, 0.05) is 10.8 Å². The summed E-state index contributed by atoms with van der Waals surface area (Å²) in [4.78, 5) is 17.5. The van der Waals surface area contributed by atoms with E-state index in [1.165, 1.54) is 0 Å². The van der Waals surface area contributed by atoms with Crippen LogP contribution in [0.4, 0.5) is 0 Å². The van der Waals surface area contributed by atoms with E-state index in [9.17, 15) is 0 Å². The van der Waals surface area contributed by atoms with Crippen LogP contribution in [0.3, 0.4) is 0 Å². The number of aromatic nitrogens is 2. The monoisotopic (exact) mass is 572 g/mol. The smallest absolute Gasteiger partial charge is 0.235 e. The normalized spacial score (nSPS) is 14.4. The van der Waals surface area contributed by atoms with Gasteiger partial charge >= 0.3 is 35.0 Å². The fraction of sp³-hybridized carbons (Fsp3) is 0.167. The van der Waals surface area contributed by atoms with Crippen molar-refractivity contribution in [1.29, 1.82) is 0 Å². The Hall–Kier alpha value is -2.56. The number of hydrogen-bond acceptors (Lipinski definition) is 6. The number of pyridine rings is 2. The number of halogens is 2. The molecule has 0 saturated heterocycles. The number of aliphatic imine (C=N–C) groups is 2. The van der Waals surface area contributed by atoms with Gasteiger partial charge in [0.25, 0.3) is 0 Å². The fourth-order valence-corrected chi connectivity index (χ4v) is 3.35. The standard InChI is InChI=1S/2C12H10N2O.2ClH.Pd/c2*1-2-4-10-9(3-1)5-6-11(14-10)12-13-7-8-15-12;;;/h2*1-6H,7-8H2;2*1H;/q;;;;+2/p-2. The van der Waals surface area contributed by atoms with Gasteiger partial charge < -0.3 is 9.47 Å². The van der Waals surface area contributed by atoms with Crippen LogP contribution in [0.15, 0.2) is 82.8 Å². The molecule has 0 radical (unpaired) electrons. The second kappa shape index (κ2) is 12.1. The van der Waals surface area contributed by atoms with Crippen LogP contribution in [0.1, 0.15) is 11.4 Å². The quantitative estimate of drug-likeness (QED) is 0.301. The summed E-state index contributed by atoms with van der Waals surface area (Å²) in [6.45, 7) is 2.82. The van der Waals surface area contributed by atoms with Crippen molar-refractivity contribution in [2.75, 3.05) is 26.3 Å². The minimum atomic E-state index is -0.106. The molecule has 0 unspecified atom stereocenters. The van der Waals surface area contributed by atoms with Crippen molar-refractivity contribution in [2.45, 2.75) is 0 Å². The van der Waals surface area contributed by atoms with Gasteiger partial charge in [0.15, 0.2) is 0 Å². The van der Waals surface area contributed by atoms with Gasteiger partial charge in [-0.15, -0.1) is 0 Å². The summed E-state index contributed by atoms with van der Waals surface area (Å²) in [7, 11) is 9.63. The van der Waals surface area contributed by atoms with Crippen molar-refractivity contribution in [3.8, 4) is 0 Å². The molecule has 0 aliphatic carbocycles. The van der Waals surface area contributed by atoms with Crippen molar-refractivity contribution >= 4 is 52.7 Å². The van der Waals surface area contributed by atoms with Crippen molar-refractivity contribution in [2.24, 2.45) is 9.98 Å². The van der Waals surface area contributed by atoms with E-state index >= 15 is 0 Å². The van der Waals surface area contributed by atoms with Crippen LogP contribution in [0.2, 0.25) is 0 Å². The molecule has 2 aliphatic heterocycles. The zero-order chi connectivity index (χ0) is 22.9. The van der Waals surface area contributed by atoms with E-state index < -0.39 is 0 Å². The number of rotatable bonds is 2. The molecular weight excluding hydrogens is 554 g/mol. The van der Waals surface area contributed by atoms with Crippen molar-refractivity contribution < 1.29 is 25.4 Å². The Balaban J connectivity index is 0.000000141. The average Bonchev–Trinajstić information content (AvgIpc) is 3.59. The molecule has 2 aliphatic rings. The van der Waals surface area contributed by atoms with E-state index in [0.29, 0.717) is 25.0 Å². The van der Waals surface area contributed by atoms with Crippen LogP contribution in [0, 0.1) is 0 Å². The summed E-state index contributed by atoms with van der Waals surface area (Å²) in [6.07, 6.45) is 0. The first-order chi connectivity index (χ1) is 16.3. The van der Waals surface area contributed by atoms with E-state index in [4.69, 9.17) is 28.5 Å². The Kier molecular flexibility index (Phi) is 8.62. The Morgan fingerprint density at radius 2 is 1.03 bits per heavy atom. The fourth-order valence-electron chi connectivity index (χ4n) is 3.35. The maximum atomic E-state index is 5.38. The average molecular weight is 574 g/mol. The van der Waals surface area contributed by atoms with Gasteiger partial charge in [0.05, 0.1) is 24.1 Å². The van der Waals surface area contributed by atoms with Crippen LogP contribution >= 0.6 is 19.1 Å². The number of nitrogens with zero attached hydrogens (tertiary/aromatic N) is 4. The van der Waals surface area contributed by atoms with Gasteiger partial charge in [0.2, 0.25) is 11.8 Å². The number of ether oxygens (including phenoxy) is 2. The van der Waals surface area contributed by atoms with Crippen molar-refractivity contribution in [3.05, 3.63) is 84.2 Å². The van der Waals surface area contributed by atoms with Gasteiger partial charge in [-0.05, 0) is 24.3 Å². The molecule has 2 aromatic heterocycles. The molecule has 0 spiro atoms. The van der Waals surface area contributed by atoms with Crippen molar-refractivity contribution in [1.82, 2.24) is 9.97 Å². The largest absolute Gasteiger partial charge is 0.474 e. The first kappa shape index (κ1) is 23.6. The summed E-state index contributed by atoms with van der Waals surface area (Å²) < 4.78 is 10.8. The molecule has 33 heavy (non-hydrogen) atoms. The van der Waals surface area contributed by atoms with Crippen LogP contribution in [0.5, 0.6) is 0 Å². The minimum absolute atomic E-state index is 0.106. The summed E-state index contributed by atoms with van der Waals surface area (Å²) in [5, 5.41) is 2.28.